The van der Waals surface area contributed by atoms with Crippen LogP contribution in [0.3, 0.4) is 0 Å². The van der Waals surface area contributed by atoms with Gasteiger partial charge < -0.3 is 27.0 Å². The predicted molar refractivity (Wildman–Crippen MR) is 64.8 cm³/mol. The number of aliphatic carboxylic acids is 1. The number of nitrogens with one attached hydrogen (secondary N) is 2. The molecule has 0 spiro atoms. The molecule has 0 bridgehead atoms. The first-order valence-electron chi connectivity index (χ1n) is 4.62. The van der Waals surface area contributed by atoms with Crippen molar-refractivity contribution in [2.75, 3.05) is 13.2 Å². The summed E-state index contributed by atoms with van der Waals surface area (Å²) in [5.74, 6) is -1.11. The Bertz CT molecular complexity index is 192. The SMILES string of the molecule is CCO.Cl.N=C(N)NCCCC(N)C(=O)O. The highest BCUT2D eigenvalue weighted by atomic mass is 35.5. The molecule has 8 N–H and O–H groups in total. The highest BCUT2D eigenvalue weighted by Crippen LogP contribution is 1.92. The third-order valence-corrected chi connectivity index (χ3v) is 1.32. The molecule has 0 heterocycles. The highest BCUT2D eigenvalue weighted by Gasteiger charge is 2.09. The number of carboxylic acids is 1. The number of carbonyl (C=O) groups is 1. The van der Waals surface area contributed by atoms with Crippen molar-refractivity contribution in [3.05, 3.63) is 0 Å². The Morgan fingerprint density at radius 1 is 1.56 bits per heavy atom. The molecule has 1 unspecified atom stereocenters. The molecule has 0 saturated heterocycles. The van der Waals surface area contributed by atoms with Crippen LogP contribution in [0.2, 0.25) is 0 Å². The van der Waals surface area contributed by atoms with Gasteiger partial charge >= 0.3 is 5.97 Å². The van der Waals surface area contributed by atoms with E-state index in [0.717, 1.165) is 0 Å². The van der Waals surface area contributed by atoms with E-state index in [1.165, 1.54) is 0 Å². The summed E-state index contributed by atoms with van der Waals surface area (Å²) >= 11 is 0. The Morgan fingerprint density at radius 2 is 2.00 bits per heavy atom. The standard InChI is InChI=1S/C6H14N4O2.C2H6O.ClH/c7-4(5(11)12)2-1-3-10-6(8)9;1-2-3;/h4H,1-3,7H2,(H,11,12)(H4,8,9,10);3H,2H2,1H3;1H. The predicted octanol–water partition coefficient (Wildman–Crippen LogP) is -0.918. The first-order chi connectivity index (χ1) is 6.95. The van der Waals surface area contributed by atoms with Gasteiger partial charge in [-0.1, -0.05) is 0 Å². The van der Waals surface area contributed by atoms with Crippen LogP contribution in [0.5, 0.6) is 0 Å². The van der Waals surface area contributed by atoms with Crippen molar-refractivity contribution in [2.45, 2.75) is 25.8 Å². The molecule has 0 aliphatic carbocycles. The van der Waals surface area contributed by atoms with Crippen LogP contribution in [0.25, 0.3) is 0 Å². The number of guanidine groups is 1. The lowest BCUT2D eigenvalue weighted by molar-refractivity contribution is -0.138. The highest BCUT2D eigenvalue weighted by molar-refractivity contribution is 5.85. The number of rotatable bonds is 5. The Morgan fingerprint density at radius 3 is 2.31 bits per heavy atom. The number of hydrogen-bond acceptors (Lipinski definition) is 4. The van der Waals surface area contributed by atoms with Gasteiger partial charge in [-0.2, -0.15) is 0 Å². The summed E-state index contributed by atoms with van der Waals surface area (Å²) in [6, 6.07) is -0.821. The van der Waals surface area contributed by atoms with E-state index >= 15 is 0 Å². The van der Waals surface area contributed by atoms with Gasteiger partial charge in [0.05, 0.1) is 0 Å². The van der Waals surface area contributed by atoms with Crippen molar-refractivity contribution in [2.24, 2.45) is 11.5 Å². The Hall–Kier alpha value is -1.05. The minimum absolute atomic E-state index is 0. The van der Waals surface area contributed by atoms with Gasteiger partial charge in [-0.05, 0) is 19.8 Å². The summed E-state index contributed by atoms with van der Waals surface area (Å²) in [5, 5.41) is 25.3. The van der Waals surface area contributed by atoms with Crippen molar-refractivity contribution >= 4 is 24.3 Å². The van der Waals surface area contributed by atoms with Gasteiger partial charge in [-0.15, -0.1) is 12.4 Å². The molecule has 0 aliphatic heterocycles. The zero-order chi connectivity index (χ0) is 12.3. The Balaban J connectivity index is -0.000000377. The normalized spacial score (nSPS) is 10.2. The van der Waals surface area contributed by atoms with Crippen LogP contribution in [0.15, 0.2) is 0 Å². The maximum Gasteiger partial charge on any atom is 0.320 e. The molecule has 98 valence electrons. The van der Waals surface area contributed by atoms with Crippen LogP contribution >= 0.6 is 12.4 Å². The number of halogens is 1. The van der Waals surface area contributed by atoms with Gasteiger partial charge in [-0.25, -0.2) is 0 Å². The van der Waals surface area contributed by atoms with E-state index in [2.05, 4.69) is 5.32 Å². The van der Waals surface area contributed by atoms with Crippen molar-refractivity contribution in [1.29, 1.82) is 5.41 Å². The van der Waals surface area contributed by atoms with Gasteiger partial charge in [0.2, 0.25) is 0 Å². The monoisotopic (exact) mass is 256 g/mol. The van der Waals surface area contributed by atoms with Crippen molar-refractivity contribution in [3.8, 4) is 0 Å². The molecule has 0 aromatic carbocycles. The Kier molecular flexibility index (Phi) is 17.8. The second-order valence-corrected chi connectivity index (χ2v) is 2.74. The smallest absolute Gasteiger partial charge is 0.320 e. The van der Waals surface area contributed by atoms with Crippen LogP contribution < -0.4 is 16.8 Å². The molecule has 16 heavy (non-hydrogen) atoms. The van der Waals surface area contributed by atoms with Gasteiger partial charge in [-0.3, -0.25) is 10.2 Å². The second kappa shape index (κ2) is 13.9. The lowest BCUT2D eigenvalue weighted by Crippen LogP contribution is -2.34. The quantitative estimate of drug-likeness (QED) is 0.213. The topological polar surface area (TPSA) is 145 Å². The average molecular weight is 257 g/mol. The lowest BCUT2D eigenvalue weighted by Gasteiger charge is -2.06. The van der Waals surface area contributed by atoms with Crippen LogP contribution in [0.1, 0.15) is 19.8 Å². The molecule has 0 radical (unpaired) electrons. The van der Waals surface area contributed by atoms with Gasteiger partial charge in [0.15, 0.2) is 5.96 Å². The van der Waals surface area contributed by atoms with E-state index in [1.54, 1.807) is 6.92 Å². The second-order valence-electron chi connectivity index (χ2n) is 2.74. The molecular formula is C8H21ClN4O3. The maximum atomic E-state index is 10.2. The fraction of sp³-hybridized carbons (Fsp3) is 0.750. The minimum atomic E-state index is -1.00. The fourth-order valence-corrected chi connectivity index (χ4v) is 0.669. The third-order valence-electron chi connectivity index (χ3n) is 1.32. The minimum Gasteiger partial charge on any atom is -0.480 e. The van der Waals surface area contributed by atoms with Gasteiger partial charge in [0.25, 0.3) is 0 Å². The van der Waals surface area contributed by atoms with Crippen molar-refractivity contribution < 1.29 is 15.0 Å². The van der Waals surface area contributed by atoms with E-state index in [4.69, 9.17) is 27.1 Å². The van der Waals surface area contributed by atoms with Gasteiger partial charge in [0, 0.05) is 13.2 Å². The molecular weight excluding hydrogens is 236 g/mol. The van der Waals surface area contributed by atoms with Crippen LogP contribution in [0, 0.1) is 5.41 Å². The molecule has 1 atom stereocenters. The van der Waals surface area contributed by atoms with Crippen molar-refractivity contribution in [3.63, 3.8) is 0 Å². The van der Waals surface area contributed by atoms with Gasteiger partial charge in [0.1, 0.15) is 6.04 Å². The summed E-state index contributed by atoms with van der Waals surface area (Å²) in [5.41, 5.74) is 10.2. The molecule has 0 aromatic rings. The number of aliphatic hydroxyl groups excluding tert-OH is 1. The molecule has 7 nitrogen and oxygen atoms in total. The summed E-state index contributed by atoms with van der Waals surface area (Å²) in [6.07, 6.45) is 0.975. The Labute approximate surface area is 101 Å². The summed E-state index contributed by atoms with van der Waals surface area (Å²) in [4.78, 5) is 10.2. The number of aliphatic hydroxyl groups is 1. The summed E-state index contributed by atoms with van der Waals surface area (Å²) < 4.78 is 0. The van der Waals surface area contributed by atoms with Crippen LogP contribution in [-0.4, -0.2) is 41.3 Å². The first kappa shape index (κ1) is 20.4. The number of carboxylic acid groups (broad SMARTS) is 1. The first-order valence-corrected chi connectivity index (χ1v) is 4.62. The molecule has 0 saturated carbocycles. The summed E-state index contributed by atoms with van der Waals surface area (Å²) in [7, 11) is 0. The zero-order valence-corrected chi connectivity index (χ0v) is 10.1. The number of hydrogen-bond donors (Lipinski definition) is 6. The zero-order valence-electron chi connectivity index (χ0n) is 9.27. The van der Waals surface area contributed by atoms with E-state index in [9.17, 15) is 4.79 Å². The molecule has 8 heteroatoms. The van der Waals surface area contributed by atoms with E-state index in [0.29, 0.717) is 19.4 Å². The average Bonchev–Trinajstić information content (AvgIpc) is 2.12. The molecule has 0 fully saturated rings. The number of nitrogens with two attached hydrogens (primary N) is 2. The molecule has 0 amide bonds. The van der Waals surface area contributed by atoms with Crippen LogP contribution in [-0.2, 0) is 4.79 Å². The molecule has 0 rings (SSSR count). The van der Waals surface area contributed by atoms with E-state index in [1.807, 2.05) is 0 Å². The van der Waals surface area contributed by atoms with E-state index in [-0.39, 0.29) is 25.0 Å². The largest absolute Gasteiger partial charge is 0.480 e. The molecule has 0 aliphatic rings. The molecule has 0 aromatic heterocycles. The van der Waals surface area contributed by atoms with E-state index < -0.39 is 12.0 Å². The fourth-order valence-electron chi connectivity index (χ4n) is 0.669. The third kappa shape index (κ3) is 18.7. The van der Waals surface area contributed by atoms with Crippen LogP contribution in [0.4, 0.5) is 0 Å². The summed E-state index contributed by atoms with van der Waals surface area (Å²) in [6.45, 7) is 2.41. The maximum absolute atomic E-state index is 10.2. The van der Waals surface area contributed by atoms with Crippen molar-refractivity contribution in [1.82, 2.24) is 5.32 Å². The lowest BCUT2D eigenvalue weighted by atomic mass is 10.2.